The Morgan fingerprint density at radius 1 is 1.35 bits per heavy atom. The van der Waals surface area contributed by atoms with Gasteiger partial charge in [-0.05, 0) is 17.7 Å². The van der Waals surface area contributed by atoms with E-state index >= 15 is 0 Å². The summed E-state index contributed by atoms with van der Waals surface area (Å²) in [5.74, 6) is -0.0473. The van der Waals surface area contributed by atoms with Crippen molar-refractivity contribution in [3.63, 3.8) is 0 Å². The normalized spacial score (nSPS) is 12.0. The van der Waals surface area contributed by atoms with Crippen molar-refractivity contribution < 1.29 is 9.90 Å². The summed E-state index contributed by atoms with van der Waals surface area (Å²) in [6.07, 6.45) is -0.214. The lowest BCUT2D eigenvalue weighted by atomic mass is 10.1. The van der Waals surface area contributed by atoms with Crippen molar-refractivity contribution in [2.24, 2.45) is 0 Å². The van der Waals surface area contributed by atoms with E-state index in [-0.39, 0.29) is 12.5 Å². The van der Waals surface area contributed by atoms with E-state index in [1.807, 2.05) is 43.3 Å². The molecule has 0 fully saturated rings. The number of amides is 1. The highest BCUT2D eigenvalue weighted by molar-refractivity contribution is 5.75. The minimum absolute atomic E-state index is 0.0473. The third kappa shape index (κ3) is 4.07. The molecule has 0 radical (unpaired) electrons. The van der Waals surface area contributed by atoms with E-state index in [1.165, 1.54) is 0 Å². The molecule has 1 atom stereocenters. The molecule has 1 rings (SSSR count). The van der Waals surface area contributed by atoms with E-state index in [0.29, 0.717) is 6.42 Å². The van der Waals surface area contributed by atoms with Crippen LogP contribution in [0.25, 0.3) is 0 Å². The number of hydrogen-bond donors (Lipinski definition) is 2. The number of carbonyl (C=O) groups excluding carboxylic acids is 1. The van der Waals surface area contributed by atoms with Crippen LogP contribution in [0.3, 0.4) is 0 Å². The largest absolute Gasteiger partial charge is 0.387 e. The second kappa shape index (κ2) is 6.25. The van der Waals surface area contributed by atoms with Gasteiger partial charge < -0.3 is 15.3 Å². The molecule has 0 saturated heterocycles. The van der Waals surface area contributed by atoms with E-state index in [1.54, 1.807) is 6.92 Å². The number of rotatable bonds is 5. The lowest BCUT2D eigenvalue weighted by Gasteiger charge is -2.15. The topological polar surface area (TPSA) is 52.6 Å². The SMILES string of the molecule is CCC(=O)NC[C@H](O)c1ccc(N(C)C)cc1. The summed E-state index contributed by atoms with van der Waals surface area (Å²) in [7, 11) is 3.93. The Balaban J connectivity index is 2.57. The van der Waals surface area contributed by atoms with E-state index < -0.39 is 6.10 Å². The van der Waals surface area contributed by atoms with Crippen LogP contribution in [0, 0.1) is 0 Å². The first-order chi connectivity index (χ1) is 8.04. The number of aliphatic hydroxyl groups excluding tert-OH is 1. The molecule has 4 heteroatoms. The van der Waals surface area contributed by atoms with Crippen molar-refractivity contribution in [3.8, 4) is 0 Å². The van der Waals surface area contributed by atoms with Crippen LogP contribution in [0.2, 0.25) is 0 Å². The number of nitrogens with zero attached hydrogens (tertiary/aromatic N) is 1. The van der Waals surface area contributed by atoms with Gasteiger partial charge in [0, 0.05) is 32.7 Å². The van der Waals surface area contributed by atoms with Crippen LogP contribution in [-0.4, -0.2) is 31.7 Å². The number of benzene rings is 1. The summed E-state index contributed by atoms with van der Waals surface area (Å²) in [6, 6.07) is 7.64. The van der Waals surface area contributed by atoms with Gasteiger partial charge in [-0.3, -0.25) is 4.79 Å². The Bertz CT molecular complexity index is 360. The second-order valence-corrected chi connectivity index (χ2v) is 4.16. The maximum atomic E-state index is 11.1. The fourth-order valence-electron chi connectivity index (χ4n) is 1.45. The van der Waals surface area contributed by atoms with Gasteiger partial charge in [-0.1, -0.05) is 19.1 Å². The maximum Gasteiger partial charge on any atom is 0.219 e. The summed E-state index contributed by atoms with van der Waals surface area (Å²) in [5.41, 5.74) is 1.89. The molecule has 94 valence electrons. The highest BCUT2D eigenvalue weighted by atomic mass is 16.3. The zero-order valence-corrected chi connectivity index (χ0v) is 10.6. The van der Waals surface area contributed by atoms with E-state index in [2.05, 4.69) is 5.32 Å². The fourth-order valence-corrected chi connectivity index (χ4v) is 1.45. The van der Waals surface area contributed by atoms with Gasteiger partial charge in [0.05, 0.1) is 6.10 Å². The Labute approximate surface area is 102 Å². The average molecular weight is 236 g/mol. The molecule has 1 aromatic rings. The fraction of sp³-hybridized carbons (Fsp3) is 0.462. The third-order valence-electron chi connectivity index (χ3n) is 2.61. The van der Waals surface area contributed by atoms with Gasteiger partial charge in [-0.2, -0.15) is 0 Å². The average Bonchev–Trinajstić information content (AvgIpc) is 2.35. The molecule has 0 spiro atoms. The molecule has 0 bridgehead atoms. The molecule has 1 aromatic carbocycles. The molecule has 0 unspecified atom stereocenters. The minimum Gasteiger partial charge on any atom is -0.387 e. The van der Waals surface area contributed by atoms with Crippen LogP contribution < -0.4 is 10.2 Å². The molecule has 2 N–H and O–H groups in total. The molecule has 4 nitrogen and oxygen atoms in total. The van der Waals surface area contributed by atoms with Gasteiger partial charge in [0.1, 0.15) is 0 Å². The van der Waals surface area contributed by atoms with Gasteiger partial charge in [0.15, 0.2) is 0 Å². The van der Waals surface area contributed by atoms with Crippen molar-refractivity contribution >= 4 is 11.6 Å². The number of anilines is 1. The van der Waals surface area contributed by atoms with Crippen LogP contribution in [0.4, 0.5) is 5.69 Å². The van der Waals surface area contributed by atoms with Crippen LogP contribution >= 0.6 is 0 Å². The molecule has 17 heavy (non-hydrogen) atoms. The summed E-state index contributed by atoms with van der Waals surface area (Å²) in [5, 5.41) is 12.5. The Morgan fingerprint density at radius 2 is 1.94 bits per heavy atom. The van der Waals surface area contributed by atoms with Crippen LogP contribution in [0.15, 0.2) is 24.3 Å². The van der Waals surface area contributed by atoms with E-state index in [4.69, 9.17) is 0 Å². The number of hydrogen-bond acceptors (Lipinski definition) is 3. The predicted molar refractivity (Wildman–Crippen MR) is 69.0 cm³/mol. The summed E-state index contributed by atoms with van der Waals surface area (Å²) in [6.45, 7) is 2.04. The molecule has 0 aliphatic carbocycles. The van der Waals surface area contributed by atoms with Gasteiger partial charge >= 0.3 is 0 Å². The van der Waals surface area contributed by atoms with Crippen LogP contribution in [0.1, 0.15) is 25.0 Å². The standard InChI is InChI=1S/C13H20N2O2/c1-4-13(17)14-9-12(16)10-5-7-11(8-6-10)15(2)3/h5-8,12,16H,4,9H2,1-3H3,(H,14,17)/t12-/m0/s1. The number of nitrogens with one attached hydrogen (secondary N) is 1. The predicted octanol–water partition coefficient (Wildman–Crippen LogP) is 1.31. The first-order valence-electron chi connectivity index (χ1n) is 5.76. The molecule has 0 aliphatic heterocycles. The Hall–Kier alpha value is -1.55. The minimum atomic E-state index is -0.651. The smallest absolute Gasteiger partial charge is 0.219 e. The summed E-state index contributed by atoms with van der Waals surface area (Å²) >= 11 is 0. The quantitative estimate of drug-likeness (QED) is 0.810. The third-order valence-corrected chi connectivity index (χ3v) is 2.61. The lowest BCUT2D eigenvalue weighted by molar-refractivity contribution is -0.121. The summed E-state index contributed by atoms with van der Waals surface area (Å²) < 4.78 is 0. The highest BCUT2D eigenvalue weighted by Gasteiger charge is 2.08. The van der Waals surface area contributed by atoms with Gasteiger partial charge in [-0.15, -0.1) is 0 Å². The highest BCUT2D eigenvalue weighted by Crippen LogP contribution is 2.17. The maximum absolute atomic E-state index is 11.1. The zero-order valence-electron chi connectivity index (χ0n) is 10.6. The van der Waals surface area contributed by atoms with Crippen LogP contribution in [0.5, 0.6) is 0 Å². The van der Waals surface area contributed by atoms with Crippen molar-refractivity contribution in [3.05, 3.63) is 29.8 Å². The molecule has 0 aliphatic rings. The van der Waals surface area contributed by atoms with Crippen molar-refractivity contribution in [1.82, 2.24) is 5.32 Å². The van der Waals surface area contributed by atoms with Gasteiger partial charge in [0.25, 0.3) is 0 Å². The second-order valence-electron chi connectivity index (χ2n) is 4.16. The monoisotopic (exact) mass is 236 g/mol. The van der Waals surface area contributed by atoms with Gasteiger partial charge in [-0.25, -0.2) is 0 Å². The van der Waals surface area contributed by atoms with E-state index in [0.717, 1.165) is 11.3 Å². The molecular formula is C13H20N2O2. The van der Waals surface area contributed by atoms with E-state index in [9.17, 15) is 9.90 Å². The van der Waals surface area contributed by atoms with Crippen molar-refractivity contribution in [2.45, 2.75) is 19.4 Å². The lowest BCUT2D eigenvalue weighted by Crippen LogP contribution is -2.27. The Morgan fingerprint density at radius 3 is 2.41 bits per heavy atom. The number of carbonyl (C=O) groups is 1. The Kier molecular flexibility index (Phi) is 4.97. The van der Waals surface area contributed by atoms with Gasteiger partial charge in [0.2, 0.25) is 5.91 Å². The first-order valence-corrected chi connectivity index (χ1v) is 5.76. The molecule has 0 aromatic heterocycles. The van der Waals surface area contributed by atoms with Crippen LogP contribution in [-0.2, 0) is 4.79 Å². The first kappa shape index (κ1) is 13.5. The van der Waals surface area contributed by atoms with Crippen molar-refractivity contribution in [2.75, 3.05) is 25.5 Å². The number of aliphatic hydroxyl groups is 1. The molecular weight excluding hydrogens is 216 g/mol. The van der Waals surface area contributed by atoms with Crippen molar-refractivity contribution in [1.29, 1.82) is 0 Å². The summed E-state index contributed by atoms with van der Waals surface area (Å²) in [4.78, 5) is 13.1. The molecule has 0 saturated carbocycles. The zero-order chi connectivity index (χ0) is 12.8. The molecule has 1 amide bonds. The molecule has 0 heterocycles.